The summed E-state index contributed by atoms with van der Waals surface area (Å²) >= 11 is 0. The molecule has 3 rings (SSSR count). The number of benzene rings is 1. The van der Waals surface area contributed by atoms with Crippen molar-refractivity contribution in [2.45, 2.75) is 50.6 Å². The zero-order valence-corrected chi connectivity index (χ0v) is 12.0. The number of anilines is 1. The van der Waals surface area contributed by atoms with E-state index in [2.05, 4.69) is 17.1 Å². The summed E-state index contributed by atoms with van der Waals surface area (Å²) in [5.41, 5.74) is 0.957. The minimum absolute atomic E-state index is 0.162. The maximum Gasteiger partial charge on any atom is 0.160 e. The average molecular weight is 280 g/mol. The van der Waals surface area contributed by atoms with Crippen LogP contribution in [0.25, 0.3) is 0 Å². The van der Waals surface area contributed by atoms with E-state index in [1.54, 1.807) is 6.07 Å². The van der Waals surface area contributed by atoms with Crippen LogP contribution in [0.15, 0.2) is 18.2 Å². The van der Waals surface area contributed by atoms with Crippen LogP contribution >= 0.6 is 0 Å². The topological polar surface area (TPSA) is 15.3 Å². The Morgan fingerprint density at radius 1 is 1.15 bits per heavy atom. The van der Waals surface area contributed by atoms with Crippen molar-refractivity contribution in [1.29, 1.82) is 0 Å². The fourth-order valence-corrected chi connectivity index (χ4v) is 3.59. The number of halogens is 2. The second-order valence-electron chi connectivity index (χ2n) is 6.30. The maximum absolute atomic E-state index is 13.5. The fraction of sp³-hybridized carbons (Fsp3) is 0.625. The number of rotatable bonds is 1. The molecule has 4 heteroatoms. The summed E-state index contributed by atoms with van der Waals surface area (Å²) in [5, 5.41) is 3.70. The lowest BCUT2D eigenvalue weighted by Crippen LogP contribution is -2.64. The standard InChI is InChI=1S/C16H22F2N2/c1-12-10-19-16(7-3-2-4-8-16)11-20(12)13-5-6-14(17)15(18)9-13/h5-6,9,12,19H,2-4,7-8,10-11H2,1H3. The molecule has 1 saturated carbocycles. The predicted molar refractivity (Wildman–Crippen MR) is 77.0 cm³/mol. The molecule has 1 spiro atoms. The van der Waals surface area contributed by atoms with Crippen molar-refractivity contribution >= 4 is 5.69 Å². The number of piperazine rings is 1. The van der Waals surface area contributed by atoms with E-state index in [4.69, 9.17) is 0 Å². The summed E-state index contributed by atoms with van der Waals surface area (Å²) in [6, 6.07) is 4.55. The number of hydrogen-bond acceptors (Lipinski definition) is 2. The van der Waals surface area contributed by atoms with Crippen LogP contribution in [0.3, 0.4) is 0 Å². The monoisotopic (exact) mass is 280 g/mol. The molecule has 1 atom stereocenters. The first-order valence-electron chi connectivity index (χ1n) is 7.56. The normalized spacial score (nSPS) is 25.9. The van der Waals surface area contributed by atoms with Crippen molar-refractivity contribution in [2.24, 2.45) is 0 Å². The van der Waals surface area contributed by atoms with E-state index in [0.717, 1.165) is 18.8 Å². The smallest absolute Gasteiger partial charge is 0.160 e. The zero-order valence-electron chi connectivity index (χ0n) is 12.0. The third-order valence-electron chi connectivity index (χ3n) is 4.82. The molecular weight excluding hydrogens is 258 g/mol. The van der Waals surface area contributed by atoms with Gasteiger partial charge in [0.05, 0.1) is 0 Å². The molecule has 110 valence electrons. The second-order valence-corrected chi connectivity index (χ2v) is 6.30. The van der Waals surface area contributed by atoms with Gasteiger partial charge < -0.3 is 10.2 Å². The van der Waals surface area contributed by atoms with Gasteiger partial charge in [0.1, 0.15) is 0 Å². The molecule has 2 aliphatic rings. The van der Waals surface area contributed by atoms with E-state index in [1.807, 2.05) is 0 Å². The Hall–Kier alpha value is -1.16. The lowest BCUT2D eigenvalue weighted by molar-refractivity contribution is 0.200. The quantitative estimate of drug-likeness (QED) is 0.847. The van der Waals surface area contributed by atoms with Gasteiger partial charge in [0, 0.05) is 36.4 Å². The fourth-order valence-electron chi connectivity index (χ4n) is 3.59. The first-order chi connectivity index (χ1) is 9.60. The summed E-state index contributed by atoms with van der Waals surface area (Å²) in [7, 11) is 0. The molecule has 1 N–H and O–H groups in total. The van der Waals surface area contributed by atoms with E-state index in [0.29, 0.717) is 6.04 Å². The summed E-state index contributed by atoms with van der Waals surface area (Å²) in [6.07, 6.45) is 6.18. The van der Waals surface area contributed by atoms with Gasteiger partial charge in [-0.25, -0.2) is 8.78 Å². The Morgan fingerprint density at radius 2 is 1.90 bits per heavy atom. The highest BCUT2D eigenvalue weighted by Gasteiger charge is 2.38. The number of nitrogens with zero attached hydrogens (tertiary/aromatic N) is 1. The molecule has 1 aliphatic heterocycles. The van der Waals surface area contributed by atoms with Crippen molar-refractivity contribution in [3.8, 4) is 0 Å². The zero-order chi connectivity index (χ0) is 14.2. The maximum atomic E-state index is 13.5. The van der Waals surface area contributed by atoms with Crippen LogP contribution in [-0.2, 0) is 0 Å². The molecule has 0 amide bonds. The van der Waals surface area contributed by atoms with E-state index in [1.165, 1.54) is 44.2 Å². The Morgan fingerprint density at radius 3 is 2.60 bits per heavy atom. The highest BCUT2D eigenvalue weighted by atomic mass is 19.2. The number of nitrogens with one attached hydrogen (secondary N) is 1. The van der Waals surface area contributed by atoms with E-state index in [9.17, 15) is 8.78 Å². The van der Waals surface area contributed by atoms with Gasteiger partial charge in [-0.3, -0.25) is 0 Å². The molecule has 20 heavy (non-hydrogen) atoms. The third kappa shape index (κ3) is 2.53. The first-order valence-corrected chi connectivity index (χ1v) is 7.56. The van der Waals surface area contributed by atoms with Gasteiger partial charge in [0.15, 0.2) is 11.6 Å². The van der Waals surface area contributed by atoms with Gasteiger partial charge in [-0.1, -0.05) is 19.3 Å². The molecule has 0 aromatic heterocycles. The molecular formula is C16H22F2N2. The van der Waals surface area contributed by atoms with E-state index in [-0.39, 0.29) is 5.54 Å². The van der Waals surface area contributed by atoms with Crippen molar-refractivity contribution in [3.63, 3.8) is 0 Å². The van der Waals surface area contributed by atoms with Crippen LogP contribution in [0.4, 0.5) is 14.5 Å². The van der Waals surface area contributed by atoms with Crippen molar-refractivity contribution < 1.29 is 8.78 Å². The molecule has 1 aliphatic carbocycles. The van der Waals surface area contributed by atoms with Crippen LogP contribution in [0.1, 0.15) is 39.0 Å². The Labute approximate surface area is 119 Å². The summed E-state index contributed by atoms with van der Waals surface area (Å²) < 4.78 is 26.6. The van der Waals surface area contributed by atoms with Gasteiger partial charge in [0.25, 0.3) is 0 Å². The van der Waals surface area contributed by atoms with Gasteiger partial charge in [0.2, 0.25) is 0 Å². The van der Waals surface area contributed by atoms with Gasteiger partial charge in [-0.05, 0) is 31.9 Å². The van der Waals surface area contributed by atoms with E-state index < -0.39 is 11.6 Å². The largest absolute Gasteiger partial charge is 0.366 e. The molecule has 1 aromatic rings. The van der Waals surface area contributed by atoms with Crippen molar-refractivity contribution in [1.82, 2.24) is 5.32 Å². The van der Waals surface area contributed by atoms with Crippen LogP contribution < -0.4 is 10.2 Å². The molecule has 1 aromatic carbocycles. The van der Waals surface area contributed by atoms with Crippen LogP contribution in [-0.4, -0.2) is 24.7 Å². The SMILES string of the molecule is CC1CNC2(CCCCC2)CN1c1ccc(F)c(F)c1. The second kappa shape index (κ2) is 5.32. The molecule has 1 heterocycles. The lowest BCUT2D eigenvalue weighted by atomic mass is 9.79. The van der Waals surface area contributed by atoms with Gasteiger partial charge >= 0.3 is 0 Å². The molecule has 2 fully saturated rings. The minimum atomic E-state index is -0.774. The van der Waals surface area contributed by atoms with Crippen molar-refractivity contribution in [2.75, 3.05) is 18.0 Å². The average Bonchev–Trinajstić information content (AvgIpc) is 2.46. The van der Waals surface area contributed by atoms with Crippen molar-refractivity contribution in [3.05, 3.63) is 29.8 Å². The van der Waals surface area contributed by atoms with Crippen LogP contribution in [0.5, 0.6) is 0 Å². The molecule has 0 bridgehead atoms. The molecule has 1 saturated heterocycles. The van der Waals surface area contributed by atoms with E-state index >= 15 is 0 Å². The lowest BCUT2D eigenvalue weighted by Gasteiger charge is -2.50. The molecule has 0 radical (unpaired) electrons. The van der Waals surface area contributed by atoms with Gasteiger partial charge in [-0.2, -0.15) is 0 Å². The Bertz CT molecular complexity index is 483. The summed E-state index contributed by atoms with van der Waals surface area (Å²) in [5.74, 6) is -1.53. The van der Waals surface area contributed by atoms with Crippen LogP contribution in [0, 0.1) is 11.6 Å². The predicted octanol–water partition coefficient (Wildman–Crippen LogP) is 3.47. The minimum Gasteiger partial charge on any atom is -0.366 e. The molecule has 1 unspecified atom stereocenters. The first kappa shape index (κ1) is 13.8. The Balaban J connectivity index is 1.84. The highest BCUT2D eigenvalue weighted by molar-refractivity contribution is 5.49. The van der Waals surface area contributed by atoms with Gasteiger partial charge in [-0.15, -0.1) is 0 Å². The highest BCUT2D eigenvalue weighted by Crippen LogP contribution is 2.34. The Kier molecular flexibility index (Phi) is 3.67. The van der Waals surface area contributed by atoms with Crippen LogP contribution in [0.2, 0.25) is 0 Å². The third-order valence-corrected chi connectivity index (χ3v) is 4.82. The summed E-state index contributed by atoms with van der Waals surface area (Å²) in [6.45, 7) is 3.92. The summed E-state index contributed by atoms with van der Waals surface area (Å²) in [4.78, 5) is 2.23. The number of hydrogen-bond donors (Lipinski definition) is 1. The molecule has 2 nitrogen and oxygen atoms in total.